The molecule has 0 atom stereocenters. The van der Waals surface area contributed by atoms with Crippen LogP contribution in [0.2, 0.25) is 0 Å². The Bertz CT molecular complexity index is 706. The molecule has 0 aliphatic heterocycles. The number of nitrogens with zero attached hydrogens (tertiary/aromatic N) is 2. The monoisotopic (exact) mass is 330 g/mol. The van der Waals surface area contributed by atoms with Crippen LogP contribution in [-0.4, -0.2) is 39.7 Å². The lowest BCUT2D eigenvalue weighted by atomic mass is 10.1. The molecule has 2 rings (SSSR count). The van der Waals surface area contributed by atoms with Crippen LogP contribution in [0.15, 0.2) is 30.5 Å². The van der Waals surface area contributed by atoms with Crippen molar-refractivity contribution < 1.29 is 14.7 Å². The zero-order valence-electron chi connectivity index (χ0n) is 14.5. The van der Waals surface area contributed by atoms with Gasteiger partial charge in [-0.05, 0) is 31.0 Å². The summed E-state index contributed by atoms with van der Waals surface area (Å²) in [5.41, 5.74) is 0.877. The largest absolute Gasteiger partial charge is 0.478 e. The number of aromatic nitrogens is 1. The van der Waals surface area contributed by atoms with Crippen LogP contribution in [0.25, 0.3) is 10.9 Å². The number of fused-ring (bicyclic) bond motifs is 1. The molecule has 0 radical (unpaired) electrons. The maximum atomic E-state index is 12.9. The number of hydrogen-bond acceptors (Lipinski definition) is 2. The Kier molecular flexibility index (Phi) is 6.41. The lowest BCUT2D eigenvalue weighted by Gasteiger charge is -2.23. The van der Waals surface area contributed by atoms with Gasteiger partial charge in [0, 0.05) is 24.7 Å². The highest BCUT2D eigenvalue weighted by molar-refractivity contribution is 6.05. The quantitative estimate of drug-likeness (QED) is 0.719. The molecule has 1 aromatic carbocycles. The maximum Gasteiger partial charge on any atom is 0.336 e. The Morgan fingerprint density at radius 1 is 1.04 bits per heavy atom. The van der Waals surface area contributed by atoms with Crippen molar-refractivity contribution in [1.29, 1.82) is 0 Å². The van der Waals surface area contributed by atoms with E-state index in [-0.39, 0.29) is 11.6 Å². The standard InChI is InChI=1S/C19H26N2O3/c1-3-5-7-13-20(12-6-4-2)19(24)21-14-11-15-16(18(22)23)9-8-10-17(15)21/h8-11,14H,3-7,12-13H2,1-2H3,(H,22,23). The van der Waals surface area contributed by atoms with Crippen LogP contribution >= 0.6 is 0 Å². The number of aromatic carboxylic acids is 1. The van der Waals surface area contributed by atoms with Crippen LogP contribution in [-0.2, 0) is 0 Å². The van der Waals surface area contributed by atoms with Crippen molar-refractivity contribution in [2.24, 2.45) is 0 Å². The third kappa shape index (κ3) is 3.96. The molecule has 0 saturated heterocycles. The number of rotatable bonds is 8. The molecule has 130 valence electrons. The number of hydrogen-bond donors (Lipinski definition) is 1. The fourth-order valence-electron chi connectivity index (χ4n) is 2.88. The maximum absolute atomic E-state index is 12.9. The molecule has 0 aliphatic carbocycles. The molecule has 5 nitrogen and oxygen atoms in total. The van der Waals surface area contributed by atoms with Crippen LogP contribution in [0.1, 0.15) is 56.3 Å². The summed E-state index contributed by atoms with van der Waals surface area (Å²) in [5.74, 6) is -0.975. The van der Waals surface area contributed by atoms with Crippen molar-refractivity contribution in [3.05, 3.63) is 36.0 Å². The van der Waals surface area contributed by atoms with Gasteiger partial charge in [0.15, 0.2) is 0 Å². The van der Waals surface area contributed by atoms with Gasteiger partial charge in [-0.2, -0.15) is 0 Å². The van der Waals surface area contributed by atoms with Crippen molar-refractivity contribution in [2.45, 2.75) is 46.0 Å². The number of unbranched alkanes of at least 4 members (excludes halogenated alkanes) is 3. The average molecular weight is 330 g/mol. The normalized spacial score (nSPS) is 10.9. The molecule has 0 saturated carbocycles. The topological polar surface area (TPSA) is 62.5 Å². The van der Waals surface area contributed by atoms with Gasteiger partial charge in [-0.3, -0.25) is 4.57 Å². The Balaban J connectivity index is 2.30. The van der Waals surface area contributed by atoms with Crippen molar-refractivity contribution in [3.8, 4) is 0 Å². The first-order chi connectivity index (χ1) is 11.6. The molecule has 1 heterocycles. The van der Waals surface area contributed by atoms with Crippen molar-refractivity contribution in [3.63, 3.8) is 0 Å². The number of carbonyl (C=O) groups is 2. The molecule has 1 N–H and O–H groups in total. The van der Waals surface area contributed by atoms with E-state index in [0.717, 1.165) is 45.2 Å². The van der Waals surface area contributed by atoms with Crippen LogP contribution in [0.3, 0.4) is 0 Å². The zero-order chi connectivity index (χ0) is 17.5. The molecule has 0 spiro atoms. The molecule has 5 heteroatoms. The van der Waals surface area contributed by atoms with Gasteiger partial charge in [-0.25, -0.2) is 9.59 Å². The summed E-state index contributed by atoms with van der Waals surface area (Å²) < 4.78 is 1.57. The van der Waals surface area contributed by atoms with E-state index < -0.39 is 5.97 Å². The Morgan fingerprint density at radius 2 is 1.75 bits per heavy atom. The molecule has 1 amide bonds. The number of carboxylic acids is 1. The van der Waals surface area contributed by atoms with Gasteiger partial charge in [0.1, 0.15) is 0 Å². The fourth-order valence-corrected chi connectivity index (χ4v) is 2.88. The van der Waals surface area contributed by atoms with Crippen LogP contribution in [0.5, 0.6) is 0 Å². The van der Waals surface area contributed by atoms with E-state index in [1.165, 1.54) is 0 Å². The second-order valence-corrected chi connectivity index (χ2v) is 6.06. The van der Waals surface area contributed by atoms with E-state index >= 15 is 0 Å². The van der Waals surface area contributed by atoms with Crippen LogP contribution in [0, 0.1) is 0 Å². The number of carbonyl (C=O) groups excluding carboxylic acids is 1. The SMILES string of the molecule is CCCCCN(CCCC)C(=O)n1ccc2c(C(=O)O)cccc21. The van der Waals surface area contributed by atoms with Crippen molar-refractivity contribution in [2.75, 3.05) is 13.1 Å². The summed E-state index contributed by atoms with van der Waals surface area (Å²) in [4.78, 5) is 26.2. The van der Waals surface area contributed by atoms with E-state index in [0.29, 0.717) is 10.9 Å². The lowest BCUT2D eigenvalue weighted by molar-refractivity contribution is 0.0699. The molecule has 0 bridgehead atoms. The van der Waals surface area contributed by atoms with Crippen LogP contribution < -0.4 is 0 Å². The Hall–Kier alpha value is -2.30. The molecular weight excluding hydrogens is 304 g/mol. The van der Waals surface area contributed by atoms with Gasteiger partial charge in [-0.1, -0.05) is 39.2 Å². The Morgan fingerprint density at radius 3 is 2.42 bits per heavy atom. The summed E-state index contributed by atoms with van der Waals surface area (Å²) in [6.45, 7) is 5.73. The molecule has 1 aromatic heterocycles. The van der Waals surface area contributed by atoms with E-state index in [2.05, 4.69) is 13.8 Å². The minimum atomic E-state index is -0.975. The minimum absolute atomic E-state index is 0.0721. The van der Waals surface area contributed by atoms with E-state index in [1.807, 2.05) is 4.90 Å². The fraction of sp³-hybridized carbons (Fsp3) is 0.474. The van der Waals surface area contributed by atoms with Gasteiger partial charge in [0.05, 0.1) is 11.1 Å². The first-order valence-electron chi connectivity index (χ1n) is 8.72. The van der Waals surface area contributed by atoms with Gasteiger partial charge in [-0.15, -0.1) is 0 Å². The summed E-state index contributed by atoms with van der Waals surface area (Å²) in [5, 5.41) is 9.89. The number of amides is 1. The molecule has 24 heavy (non-hydrogen) atoms. The molecule has 0 unspecified atom stereocenters. The lowest BCUT2D eigenvalue weighted by Crippen LogP contribution is -2.36. The molecule has 0 aliphatic rings. The van der Waals surface area contributed by atoms with E-state index in [1.54, 1.807) is 35.0 Å². The average Bonchev–Trinajstić information content (AvgIpc) is 3.01. The van der Waals surface area contributed by atoms with Crippen molar-refractivity contribution in [1.82, 2.24) is 9.47 Å². The molecular formula is C19H26N2O3. The van der Waals surface area contributed by atoms with Crippen LogP contribution in [0.4, 0.5) is 4.79 Å². The first kappa shape index (κ1) is 18.0. The predicted molar refractivity (Wildman–Crippen MR) is 95.7 cm³/mol. The van der Waals surface area contributed by atoms with Gasteiger partial charge < -0.3 is 10.0 Å². The van der Waals surface area contributed by atoms with Gasteiger partial charge in [0.2, 0.25) is 0 Å². The zero-order valence-corrected chi connectivity index (χ0v) is 14.5. The minimum Gasteiger partial charge on any atom is -0.478 e. The second kappa shape index (κ2) is 8.52. The second-order valence-electron chi connectivity index (χ2n) is 6.06. The molecule has 2 aromatic rings. The summed E-state index contributed by atoms with van der Waals surface area (Å²) in [6, 6.07) is 6.68. The predicted octanol–water partition coefficient (Wildman–Crippen LogP) is 4.60. The van der Waals surface area contributed by atoms with Crippen molar-refractivity contribution >= 4 is 22.9 Å². The summed E-state index contributed by atoms with van der Waals surface area (Å²) in [7, 11) is 0. The number of carboxylic acid groups (broad SMARTS) is 1. The highest BCUT2D eigenvalue weighted by Crippen LogP contribution is 2.21. The number of benzene rings is 1. The first-order valence-corrected chi connectivity index (χ1v) is 8.72. The van der Waals surface area contributed by atoms with E-state index in [4.69, 9.17) is 0 Å². The third-order valence-corrected chi connectivity index (χ3v) is 4.25. The third-order valence-electron chi connectivity index (χ3n) is 4.25. The highest BCUT2D eigenvalue weighted by Gasteiger charge is 2.18. The summed E-state index contributed by atoms with van der Waals surface area (Å²) >= 11 is 0. The highest BCUT2D eigenvalue weighted by atomic mass is 16.4. The van der Waals surface area contributed by atoms with E-state index in [9.17, 15) is 14.7 Å². The van der Waals surface area contributed by atoms with Gasteiger partial charge >= 0.3 is 12.0 Å². The van der Waals surface area contributed by atoms with Gasteiger partial charge in [0.25, 0.3) is 0 Å². The molecule has 0 fully saturated rings. The smallest absolute Gasteiger partial charge is 0.336 e. The summed E-state index contributed by atoms with van der Waals surface area (Å²) in [6.07, 6.45) is 6.89. The Labute approximate surface area is 142 Å².